The van der Waals surface area contributed by atoms with Crippen molar-refractivity contribution in [1.82, 2.24) is 19.7 Å². The molecule has 31 heavy (non-hydrogen) atoms. The highest BCUT2D eigenvalue weighted by Gasteiger charge is 2.36. The molecule has 4 heterocycles. The zero-order valence-electron chi connectivity index (χ0n) is 17.8. The zero-order chi connectivity index (χ0) is 21.5. The number of carbonyl (C=O) groups excluding carboxylic acids is 1. The maximum Gasteiger partial charge on any atom is 0.250 e. The van der Waals surface area contributed by atoms with Crippen LogP contribution in [0.25, 0.3) is 11.3 Å². The fourth-order valence-corrected chi connectivity index (χ4v) is 5.02. The van der Waals surface area contributed by atoms with Crippen LogP contribution >= 0.6 is 0 Å². The highest BCUT2D eigenvalue weighted by molar-refractivity contribution is 5.82. The molecule has 2 bridgehead atoms. The predicted molar refractivity (Wildman–Crippen MR) is 117 cm³/mol. The number of hydrogen-bond acceptors (Lipinski definition) is 4. The highest BCUT2D eigenvalue weighted by atomic mass is 16.5. The molecule has 160 valence electrons. The van der Waals surface area contributed by atoms with E-state index in [4.69, 9.17) is 4.74 Å². The molecule has 2 aromatic heterocycles. The standard InChI is InChI=1S/C24H26N4O3/c1-15-20(24(26-25-15)17-6-8-19(31-2)9-7-17)11-23(30)27-12-16-10-18(14-27)21-4-3-5-22(29)28(21)13-16/h3-9,16,18H,10-14H2,1-2H3,(H,25,26)/t16-,18+/m1/s1. The number of aryl methyl sites for hydroxylation is 1. The maximum atomic E-state index is 13.3. The summed E-state index contributed by atoms with van der Waals surface area (Å²) in [5, 5.41) is 7.50. The molecular formula is C24H26N4O3. The van der Waals surface area contributed by atoms with Crippen molar-refractivity contribution >= 4 is 5.91 Å². The maximum absolute atomic E-state index is 13.3. The second-order valence-electron chi connectivity index (χ2n) is 8.58. The Bertz CT molecular complexity index is 1180. The fraction of sp³-hybridized carbons (Fsp3) is 0.375. The lowest BCUT2D eigenvalue weighted by Gasteiger charge is -2.42. The number of benzene rings is 1. The van der Waals surface area contributed by atoms with Gasteiger partial charge in [0.25, 0.3) is 5.56 Å². The predicted octanol–water partition coefficient (Wildman–Crippen LogP) is 2.74. The Morgan fingerprint density at radius 2 is 1.97 bits per heavy atom. The quantitative estimate of drug-likeness (QED) is 0.707. The van der Waals surface area contributed by atoms with E-state index in [2.05, 4.69) is 10.2 Å². The van der Waals surface area contributed by atoms with Crippen LogP contribution in [0.2, 0.25) is 0 Å². The number of fused-ring (bicyclic) bond motifs is 4. The molecule has 1 aromatic carbocycles. The Morgan fingerprint density at radius 3 is 2.74 bits per heavy atom. The molecule has 5 rings (SSSR count). The van der Waals surface area contributed by atoms with E-state index in [1.54, 1.807) is 13.2 Å². The zero-order valence-corrected chi connectivity index (χ0v) is 17.8. The molecule has 1 saturated heterocycles. The van der Waals surface area contributed by atoms with Gasteiger partial charge in [-0.2, -0.15) is 5.10 Å². The highest BCUT2D eigenvalue weighted by Crippen LogP contribution is 2.35. The summed E-state index contributed by atoms with van der Waals surface area (Å²) in [6.45, 7) is 4.01. The van der Waals surface area contributed by atoms with Crippen LogP contribution in [0.1, 0.15) is 29.3 Å². The molecule has 1 amide bonds. The molecule has 7 heteroatoms. The van der Waals surface area contributed by atoms with Crippen LogP contribution < -0.4 is 10.3 Å². The van der Waals surface area contributed by atoms with Crippen molar-refractivity contribution < 1.29 is 9.53 Å². The van der Waals surface area contributed by atoms with Crippen molar-refractivity contribution in [2.24, 2.45) is 5.92 Å². The molecule has 2 aliphatic heterocycles. The van der Waals surface area contributed by atoms with Gasteiger partial charge in [0, 0.05) is 54.1 Å². The van der Waals surface area contributed by atoms with E-state index in [1.165, 1.54) is 0 Å². The van der Waals surface area contributed by atoms with Crippen LogP contribution in [-0.4, -0.2) is 45.8 Å². The summed E-state index contributed by atoms with van der Waals surface area (Å²) in [6.07, 6.45) is 1.35. The molecule has 2 atom stereocenters. The first-order chi connectivity index (χ1) is 15.0. The summed E-state index contributed by atoms with van der Waals surface area (Å²) >= 11 is 0. The van der Waals surface area contributed by atoms with Crippen LogP contribution in [0.15, 0.2) is 47.3 Å². The summed E-state index contributed by atoms with van der Waals surface area (Å²) in [7, 11) is 1.64. The Hall–Kier alpha value is -3.35. The molecule has 0 saturated carbocycles. The number of nitrogens with one attached hydrogen (secondary N) is 1. The summed E-state index contributed by atoms with van der Waals surface area (Å²) in [5.41, 5.74) is 4.72. The third-order valence-electron chi connectivity index (χ3n) is 6.60. The van der Waals surface area contributed by atoms with Gasteiger partial charge in [0.1, 0.15) is 5.75 Å². The van der Waals surface area contributed by atoms with Crippen molar-refractivity contribution in [2.75, 3.05) is 20.2 Å². The van der Waals surface area contributed by atoms with Gasteiger partial charge in [-0.3, -0.25) is 14.7 Å². The largest absolute Gasteiger partial charge is 0.497 e. The number of rotatable bonds is 4. The van der Waals surface area contributed by atoms with E-state index in [-0.39, 0.29) is 17.4 Å². The Morgan fingerprint density at radius 1 is 1.16 bits per heavy atom. The van der Waals surface area contributed by atoms with Crippen LogP contribution in [0.4, 0.5) is 0 Å². The molecule has 2 aliphatic rings. The van der Waals surface area contributed by atoms with E-state index < -0.39 is 0 Å². The van der Waals surface area contributed by atoms with E-state index >= 15 is 0 Å². The number of piperidine rings is 1. The lowest BCUT2D eigenvalue weighted by molar-refractivity contribution is -0.133. The molecule has 3 aromatic rings. The van der Waals surface area contributed by atoms with Gasteiger partial charge in [0.2, 0.25) is 5.91 Å². The first kappa shape index (κ1) is 19.6. The number of aromatic amines is 1. The third kappa shape index (κ3) is 3.54. The summed E-state index contributed by atoms with van der Waals surface area (Å²) in [6, 6.07) is 13.2. The molecule has 1 N–H and O–H groups in total. The minimum atomic E-state index is 0.0603. The van der Waals surface area contributed by atoms with Crippen molar-refractivity contribution in [3.05, 3.63) is 69.8 Å². The molecule has 0 spiro atoms. The fourth-order valence-electron chi connectivity index (χ4n) is 5.02. The van der Waals surface area contributed by atoms with E-state index in [0.717, 1.165) is 40.4 Å². The van der Waals surface area contributed by atoms with Gasteiger partial charge in [-0.25, -0.2) is 0 Å². The number of methoxy groups -OCH3 is 1. The second kappa shape index (κ2) is 7.72. The van der Waals surface area contributed by atoms with Crippen LogP contribution in [0.5, 0.6) is 5.75 Å². The number of aromatic nitrogens is 3. The number of likely N-dealkylation sites (tertiary alicyclic amines) is 1. The number of hydrogen-bond donors (Lipinski definition) is 1. The van der Waals surface area contributed by atoms with Crippen molar-refractivity contribution in [3.63, 3.8) is 0 Å². The number of ether oxygens (including phenoxy) is 1. The Kier molecular flexibility index (Phi) is 4.88. The number of H-pyrrole nitrogens is 1. The van der Waals surface area contributed by atoms with Gasteiger partial charge in [-0.1, -0.05) is 6.07 Å². The Labute approximate surface area is 180 Å². The van der Waals surface area contributed by atoms with Gasteiger partial charge in [-0.15, -0.1) is 0 Å². The van der Waals surface area contributed by atoms with Gasteiger partial charge < -0.3 is 14.2 Å². The molecular weight excluding hydrogens is 392 g/mol. The molecule has 0 radical (unpaired) electrons. The second-order valence-corrected chi connectivity index (χ2v) is 8.58. The lowest BCUT2D eigenvalue weighted by Crippen LogP contribution is -2.49. The summed E-state index contributed by atoms with van der Waals surface area (Å²) < 4.78 is 7.13. The van der Waals surface area contributed by atoms with Crippen molar-refractivity contribution in [2.45, 2.75) is 32.2 Å². The minimum Gasteiger partial charge on any atom is -0.497 e. The van der Waals surface area contributed by atoms with Gasteiger partial charge in [0.05, 0.1) is 19.2 Å². The monoisotopic (exact) mass is 418 g/mol. The molecule has 7 nitrogen and oxygen atoms in total. The van der Waals surface area contributed by atoms with Crippen molar-refractivity contribution in [1.29, 1.82) is 0 Å². The molecule has 0 unspecified atom stereocenters. The van der Waals surface area contributed by atoms with Gasteiger partial charge >= 0.3 is 0 Å². The number of nitrogens with zero attached hydrogens (tertiary/aromatic N) is 3. The average molecular weight is 418 g/mol. The number of pyridine rings is 1. The topological polar surface area (TPSA) is 80.2 Å². The number of carbonyl (C=O) groups is 1. The normalized spacial score (nSPS) is 19.7. The average Bonchev–Trinajstić information content (AvgIpc) is 3.14. The smallest absolute Gasteiger partial charge is 0.250 e. The van der Waals surface area contributed by atoms with Crippen molar-refractivity contribution in [3.8, 4) is 17.0 Å². The first-order valence-electron chi connectivity index (χ1n) is 10.7. The van der Waals surface area contributed by atoms with Crippen LogP contribution in [0.3, 0.4) is 0 Å². The van der Waals surface area contributed by atoms with Gasteiger partial charge in [0.15, 0.2) is 0 Å². The SMILES string of the molecule is COc1ccc(-c2n[nH]c(C)c2CC(=O)N2C[C@H]3C[C@@H](C2)c2cccc(=O)n2C3)cc1. The van der Waals surface area contributed by atoms with Crippen LogP contribution in [0, 0.1) is 12.8 Å². The Balaban J connectivity index is 1.37. The first-order valence-corrected chi connectivity index (χ1v) is 10.7. The van der Waals surface area contributed by atoms with Crippen LogP contribution in [-0.2, 0) is 17.8 Å². The minimum absolute atomic E-state index is 0.0603. The van der Waals surface area contributed by atoms with E-state index in [1.807, 2.05) is 52.8 Å². The lowest BCUT2D eigenvalue weighted by atomic mass is 9.83. The van der Waals surface area contributed by atoms with E-state index in [9.17, 15) is 9.59 Å². The van der Waals surface area contributed by atoms with E-state index in [0.29, 0.717) is 32.0 Å². The third-order valence-corrected chi connectivity index (χ3v) is 6.60. The summed E-state index contributed by atoms with van der Waals surface area (Å²) in [4.78, 5) is 27.5. The number of amides is 1. The summed E-state index contributed by atoms with van der Waals surface area (Å²) in [5.74, 6) is 1.44. The molecule has 1 fully saturated rings. The van der Waals surface area contributed by atoms with Gasteiger partial charge in [-0.05, 0) is 49.6 Å². The molecule has 0 aliphatic carbocycles.